The highest BCUT2D eigenvalue weighted by atomic mass is 32.2. The summed E-state index contributed by atoms with van der Waals surface area (Å²) in [6.45, 7) is 1.65. The van der Waals surface area contributed by atoms with E-state index in [1.54, 1.807) is 6.92 Å². The van der Waals surface area contributed by atoms with Crippen LogP contribution in [0.15, 0.2) is 40.3 Å². The average Bonchev–Trinajstić information content (AvgIpc) is 2.42. The molecule has 2 rings (SSSR count). The molecule has 0 fully saturated rings. The first-order valence-electron chi connectivity index (χ1n) is 6.07. The van der Waals surface area contributed by atoms with Gasteiger partial charge in [-0.05, 0) is 24.6 Å². The van der Waals surface area contributed by atoms with Gasteiger partial charge in [-0.1, -0.05) is 35.7 Å². The smallest absolute Gasteiger partial charge is 0.251 e. The summed E-state index contributed by atoms with van der Waals surface area (Å²) in [5.74, 6) is 6.18. The second-order valence-electron chi connectivity index (χ2n) is 4.14. The number of hydrogen-bond donors (Lipinski definition) is 2. The number of aromatic amines is 1. The predicted octanol–water partition coefficient (Wildman–Crippen LogP) is 1.71. The fourth-order valence-corrected chi connectivity index (χ4v) is 2.52. The van der Waals surface area contributed by atoms with Gasteiger partial charge in [0, 0.05) is 23.1 Å². The SMILES string of the molecule is Cc1cc(=O)[nH]c(SCc2cccc(C#CCO)c2)n1. The number of aryl methyl sites for hydroxylation is 1. The third-order valence-electron chi connectivity index (χ3n) is 2.46. The van der Waals surface area contributed by atoms with Gasteiger partial charge in [0.25, 0.3) is 5.56 Å². The third kappa shape index (κ3) is 4.26. The summed E-state index contributed by atoms with van der Waals surface area (Å²) >= 11 is 1.47. The Morgan fingerprint density at radius 2 is 2.25 bits per heavy atom. The normalized spacial score (nSPS) is 9.90. The van der Waals surface area contributed by atoms with Gasteiger partial charge in [-0.15, -0.1) is 0 Å². The molecule has 20 heavy (non-hydrogen) atoms. The van der Waals surface area contributed by atoms with Crippen molar-refractivity contribution in [2.45, 2.75) is 17.8 Å². The van der Waals surface area contributed by atoms with Gasteiger partial charge in [-0.2, -0.15) is 0 Å². The molecule has 1 aromatic carbocycles. The molecule has 0 radical (unpaired) electrons. The van der Waals surface area contributed by atoms with E-state index in [1.165, 1.54) is 17.8 Å². The lowest BCUT2D eigenvalue weighted by Gasteiger charge is -2.02. The van der Waals surface area contributed by atoms with E-state index in [9.17, 15) is 4.79 Å². The highest BCUT2D eigenvalue weighted by Crippen LogP contribution is 2.18. The molecule has 0 unspecified atom stereocenters. The molecule has 0 aliphatic heterocycles. The lowest BCUT2D eigenvalue weighted by Crippen LogP contribution is -2.08. The number of thioether (sulfide) groups is 1. The quantitative estimate of drug-likeness (QED) is 0.512. The van der Waals surface area contributed by atoms with E-state index in [2.05, 4.69) is 21.8 Å². The van der Waals surface area contributed by atoms with Crippen molar-refractivity contribution in [1.29, 1.82) is 0 Å². The van der Waals surface area contributed by atoms with Crippen molar-refractivity contribution < 1.29 is 5.11 Å². The van der Waals surface area contributed by atoms with Crippen LogP contribution in [0.4, 0.5) is 0 Å². The Balaban J connectivity index is 2.08. The molecule has 2 aromatic rings. The molecule has 5 heteroatoms. The van der Waals surface area contributed by atoms with Crippen LogP contribution in [0.1, 0.15) is 16.8 Å². The standard InChI is InChI=1S/C15H14N2O2S/c1-11-8-14(19)17-15(16-11)20-10-13-5-2-4-12(9-13)6-3-7-18/h2,4-5,8-9,18H,7,10H2,1H3,(H,16,17,19). The fourth-order valence-electron chi connectivity index (χ4n) is 1.65. The number of nitrogens with one attached hydrogen (secondary N) is 1. The van der Waals surface area contributed by atoms with Crippen LogP contribution in [-0.2, 0) is 5.75 Å². The third-order valence-corrected chi connectivity index (χ3v) is 3.41. The van der Waals surface area contributed by atoms with E-state index < -0.39 is 0 Å². The fraction of sp³-hybridized carbons (Fsp3) is 0.200. The Labute approximate surface area is 121 Å². The Morgan fingerprint density at radius 1 is 1.40 bits per heavy atom. The summed E-state index contributed by atoms with van der Waals surface area (Å²) in [4.78, 5) is 18.3. The number of nitrogens with zero attached hydrogens (tertiary/aromatic N) is 1. The van der Waals surface area contributed by atoms with E-state index >= 15 is 0 Å². The first-order valence-corrected chi connectivity index (χ1v) is 7.05. The zero-order valence-corrected chi connectivity index (χ0v) is 11.8. The lowest BCUT2D eigenvalue weighted by molar-refractivity contribution is 0.350. The largest absolute Gasteiger partial charge is 0.384 e. The predicted molar refractivity (Wildman–Crippen MR) is 79.6 cm³/mol. The molecule has 2 N–H and O–H groups in total. The van der Waals surface area contributed by atoms with E-state index in [1.807, 2.05) is 24.3 Å². The van der Waals surface area contributed by atoms with Crippen molar-refractivity contribution in [2.75, 3.05) is 6.61 Å². The molecule has 102 valence electrons. The van der Waals surface area contributed by atoms with Gasteiger partial charge in [0.15, 0.2) is 5.16 Å². The molecule has 0 saturated heterocycles. The minimum Gasteiger partial charge on any atom is -0.384 e. The molecule has 0 spiro atoms. The van der Waals surface area contributed by atoms with E-state index in [0.717, 1.165) is 11.1 Å². The van der Waals surface area contributed by atoms with Gasteiger partial charge < -0.3 is 10.1 Å². The topological polar surface area (TPSA) is 66.0 Å². The zero-order valence-electron chi connectivity index (χ0n) is 11.0. The minimum atomic E-state index is -0.145. The number of benzene rings is 1. The van der Waals surface area contributed by atoms with E-state index in [4.69, 9.17) is 5.11 Å². The van der Waals surface area contributed by atoms with Gasteiger partial charge in [0.05, 0.1) is 0 Å². The maximum Gasteiger partial charge on any atom is 0.251 e. The first-order chi connectivity index (χ1) is 9.67. The van der Waals surface area contributed by atoms with Crippen LogP contribution >= 0.6 is 11.8 Å². The molecular weight excluding hydrogens is 272 g/mol. The molecule has 0 bridgehead atoms. The highest BCUT2D eigenvalue weighted by molar-refractivity contribution is 7.98. The molecule has 0 aliphatic carbocycles. The molecule has 0 amide bonds. The van der Waals surface area contributed by atoms with Gasteiger partial charge in [-0.25, -0.2) is 4.98 Å². The lowest BCUT2D eigenvalue weighted by atomic mass is 10.1. The number of aliphatic hydroxyl groups excluding tert-OH is 1. The molecule has 1 aromatic heterocycles. The van der Waals surface area contributed by atoms with Crippen molar-refractivity contribution in [3.63, 3.8) is 0 Å². The van der Waals surface area contributed by atoms with Crippen LogP contribution in [0, 0.1) is 18.8 Å². The average molecular weight is 286 g/mol. The van der Waals surface area contributed by atoms with Crippen molar-refractivity contribution in [3.05, 3.63) is 57.5 Å². The summed E-state index contributed by atoms with van der Waals surface area (Å²) in [6.07, 6.45) is 0. The molecule has 0 saturated carbocycles. The van der Waals surface area contributed by atoms with Gasteiger partial charge in [-0.3, -0.25) is 4.79 Å². The molecular formula is C15H14N2O2S. The monoisotopic (exact) mass is 286 g/mol. The number of aromatic nitrogens is 2. The van der Waals surface area contributed by atoms with Gasteiger partial charge in [0.1, 0.15) is 6.61 Å². The molecule has 1 heterocycles. The van der Waals surface area contributed by atoms with Crippen molar-refractivity contribution in [1.82, 2.24) is 9.97 Å². The Kier molecular flexibility index (Phi) is 4.99. The Hall–Kier alpha value is -2.03. The van der Waals surface area contributed by atoms with Crippen LogP contribution < -0.4 is 5.56 Å². The summed E-state index contributed by atoms with van der Waals surface area (Å²) in [7, 11) is 0. The first kappa shape index (κ1) is 14.4. The molecule has 4 nitrogen and oxygen atoms in total. The van der Waals surface area contributed by atoms with Crippen LogP contribution in [0.25, 0.3) is 0 Å². The summed E-state index contributed by atoms with van der Waals surface area (Å²) in [6, 6.07) is 9.23. The van der Waals surface area contributed by atoms with Crippen molar-refractivity contribution in [3.8, 4) is 11.8 Å². The number of rotatable bonds is 3. The second-order valence-corrected chi connectivity index (χ2v) is 5.10. The van der Waals surface area contributed by atoms with Gasteiger partial charge >= 0.3 is 0 Å². The van der Waals surface area contributed by atoms with Crippen molar-refractivity contribution in [2.24, 2.45) is 0 Å². The summed E-state index contributed by atoms with van der Waals surface area (Å²) in [5.41, 5.74) is 2.52. The number of hydrogen-bond acceptors (Lipinski definition) is 4. The Bertz CT molecular complexity index is 714. The number of H-pyrrole nitrogens is 1. The van der Waals surface area contributed by atoms with Crippen LogP contribution in [0.3, 0.4) is 0 Å². The molecule has 0 aliphatic rings. The maximum absolute atomic E-state index is 11.3. The van der Waals surface area contributed by atoms with Crippen LogP contribution in [-0.4, -0.2) is 21.7 Å². The van der Waals surface area contributed by atoms with Gasteiger partial charge in [0.2, 0.25) is 0 Å². The van der Waals surface area contributed by atoms with Crippen LogP contribution in [0.5, 0.6) is 0 Å². The number of aliphatic hydroxyl groups is 1. The minimum absolute atomic E-state index is 0.137. The maximum atomic E-state index is 11.3. The summed E-state index contributed by atoms with van der Waals surface area (Å²) in [5, 5.41) is 9.29. The molecule has 0 atom stereocenters. The second kappa shape index (κ2) is 6.94. The zero-order chi connectivity index (χ0) is 14.4. The van der Waals surface area contributed by atoms with Crippen LogP contribution in [0.2, 0.25) is 0 Å². The highest BCUT2D eigenvalue weighted by Gasteiger charge is 2.01. The van der Waals surface area contributed by atoms with Crippen molar-refractivity contribution >= 4 is 11.8 Å². The van der Waals surface area contributed by atoms with E-state index in [-0.39, 0.29) is 12.2 Å². The Morgan fingerprint density at radius 3 is 3.00 bits per heavy atom. The summed E-state index contributed by atoms with van der Waals surface area (Å²) < 4.78 is 0. The van der Waals surface area contributed by atoms with E-state index in [0.29, 0.717) is 16.6 Å².